The first-order chi connectivity index (χ1) is 27.6. The predicted octanol–water partition coefficient (Wildman–Crippen LogP) is 17.5. The first-order valence-electron chi connectivity index (χ1n) is 21.1. The predicted molar refractivity (Wildman–Crippen MR) is 248 cm³/mol. The van der Waals surface area contributed by atoms with E-state index in [-0.39, 0.29) is 5.41 Å². The van der Waals surface area contributed by atoms with Crippen LogP contribution < -0.4 is 4.90 Å². The average Bonchev–Trinajstić information content (AvgIpc) is 3.79. The third-order valence-electron chi connectivity index (χ3n) is 12.1. The fraction of sp³-hybridized carbons (Fsp3) is 0.283. The summed E-state index contributed by atoms with van der Waals surface area (Å²) in [6.07, 6.45) is 15.3. The summed E-state index contributed by atoms with van der Waals surface area (Å²) < 4.78 is 1.18. The van der Waals surface area contributed by atoms with Crippen molar-refractivity contribution >= 4 is 54.4 Å². The lowest BCUT2D eigenvalue weighted by Crippen LogP contribution is -2.26. The van der Waals surface area contributed by atoms with E-state index in [1.54, 1.807) is 5.56 Å². The van der Waals surface area contributed by atoms with E-state index < -0.39 is 0 Å². The number of hydrogen-bond donors (Lipinski definition) is 0. The van der Waals surface area contributed by atoms with Gasteiger partial charge in [-0.3, -0.25) is 0 Å². The lowest BCUT2D eigenvalue weighted by molar-refractivity contribution is 0.399. The van der Waals surface area contributed by atoms with Crippen LogP contribution in [0.4, 0.5) is 16.4 Å². The Morgan fingerprint density at radius 1 is 0.554 bits per heavy atom. The Kier molecular flexibility index (Phi) is 12.2. The maximum atomic E-state index is 3.95. The van der Waals surface area contributed by atoms with E-state index in [0.717, 1.165) is 0 Å². The summed E-state index contributed by atoms with van der Waals surface area (Å²) in [6, 6.07) is 52.0. The monoisotopic (exact) mass is 815 g/mol. The molecule has 0 radical (unpaired) electrons. The summed E-state index contributed by atoms with van der Waals surface area (Å²) in [6.45, 7) is 4.65. The van der Waals surface area contributed by atoms with Gasteiger partial charge in [0.05, 0.1) is 5.69 Å². The molecule has 56 heavy (non-hydrogen) atoms. The zero-order chi connectivity index (χ0) is 38.3. The highest BCUT2D eigenvalue weighted by Gasteiger charge is 2.44. The van der Waals surface area contributed by atoms with Gasteiger partial charge < -0.3 is 4.90 Å². The maximum Gasteiger partial charge on any atom is 0.109 e. The lowest BCUT2D eigenvalue weighted by atomic mass is 9.68. The SMILES string of the molecule is CCCCCCCC1(CCCCCCC)c2cc(Br)ccc2-c2cccc(-c3csc(N(c4ccccc4)c4cccc5ccccc45)c3-c3ccccc3)c21. The minimum Gasteiger partial charge on any atom is -0.301 e. The van der Waals surface area contributed by atoms with E-state index in [1.165, 1.54) is 148 Å². The molecule has 0 unspecified atom stereocenters. The van der Waals surface area contributed by atoms with Crippen molar-refractivity contribution in [2.75, 3.05) is 4.90 Å². The van der Waals surface area contributed by atoms with Gasteiger partial charge in [-0.1, -0.05) is 203 Å². The van der Waals surface area contributed by atoms with Crippen molar-refractivity contribution in [3.63, 3.8) is 0 Å². The topological polar surface area (TPSA) is 3.24 Å². The number of unbranched alkanes of at least 4 members (excludes halogenated alkanes) is 8. The molecule has 8 rings (SSSR count). The molecule has 0 amide bonds. The van der Waals surface area contributed by atoms with Crippen LogP contribution in [-0.2, 0) is 5.41 Å². The number of halogens is 1. The molecule has 0 spiro atoms. The zero-order valence-electron chi connectivity index (χ0n) is 33.1. The van der Waals surface area contributed by atoms with Crippen LogP contribution in [0.2, 0.25) is 0 Å². The van der Waals surface area contributed by atoms with Gasteiger partial charge in [0, 0.05) is 37.5 Å². The Hall–Kier alpha value is -4.44. The van der Waals surface area contributed by atoms with E-state index in [9.17, 15) is 0 Å². The van der Waals surface area contributed by atoms with Crippen molar-refractivity contribution in [2.24, 2.45) is 0 Å². The van der Waals surface area contributed by atoms with E-state index in [0.29, 0.717) is 0 Å². The standard InChI is InChI=1S/C53H54BrNS/c1-3-5-7-9-19-35-53(36-20-10-8-6-4-2)48-37-41(54)33-34-44(48)45-30-22-31-46(51(45)53)47-38-56-52(50(47)40-24-13-11-14-25-40)55(42-27-15-12-16-28-42)49-32-21-26-39-23-17-18-29-43(39)49/h11-18,21-34,37-38H,3-10,19-20,35-36H2,1-2H3. The number of anilines is 3. The number of thiophene rings is 1. The Morgan fingerprint density at radius 3 is 1.88 bits per heavy atom. The van der Waals surface area contributed by atoms with Gasteiger partial charge in [-0.05, 0) is 81.9 Å². The number of fused-ring (bicyclic) bond motifs is 4. The van der Waals surface area contributed by atoms with Gasteiger partial charge in [0.2, 0.25) is 0 Å². The van der Waals surface area contributed by atoms with E-state index in [1.807, 2.05) is 11.3 Å². The second-order valence-corrected chi connectivity index (χ2v) is 17.5. The van der Waals surface area contributed by atoms with Crippen LogP contribution in [0.5, 0.6) is 0 Å². The number of nitrogens with zero attached hydrogens (tertiary/aromatic N) is 1. The van der Waals surface area contributed by atoms with Gasteiger partial charge in [-0.2, -0.15) is 0 Å². The fourth-order valence-corrected chi connectivity index (χ4v) is 10.9. The number of rotatable bonds is 17. The molecule has 1 aliphatic carbocycles. The summed E-state index contributed by atoms with van der Waals surface area (Å²) in [5.41, 5.74) is 13.5. The number of para-hydroxylation sites is 1. The van der Waals surface area contributed by atoms with E-state index >= 15 is 0 Å². The first-order valence-corrected chi connectivity index (χ1v) is 22.8. The molecule has 7 aromatic rings. The van der Waals surface area contributed by atoms with Gasteiger partial charge in [0.15, 0.2) is 0 Å². The van der Waals surface area contributed by atoms with Crippen LogP contribution in [0.1, 0.15) is 102 Å². The minimum absolute atomic E-state index is 0.0473. The van der Waals surface area contributed by atoms with Crippen LogP contribution in [0, 0.1) is 0 Å². The van der Waals surface area contributed by atoms with E-state index in [2.05, 4.69) is 180 Å². The summed E-state index contributed by atoms with van der Waals surface area (Å²) in [4.78, 5) is 2.52. The van der Waals surface area contributed by atoms with Crippen LogP contribution in [0.3, 0.4) is 0 Å². The van der Waals surface area contributed by atoms with Crippen LogP contribution in [-0.4, -0.2) is 0 Å². The molecule has 284 valence electrons. The molecule has 1 nitrogen and oxygen atoms in total. The molecule has 0 aliphatic heterocycles. The Balaban J connectivity index is 1.36. The Labute approximate surface area is 347 Å². The molecule has 0 saturated heterocycles. The van der Waals surface area contributed by atoms with Crippen LogP contribution in [0.15, 0.2) is 149 Å². The molecular formula is C53H54BrNS. The highest BCUT2D eigenvalue weighted by Crippen LogP contribution is 2.60. The highest BCUT2D eigenvalue weighted by atomic mass is 79.9. The molecule has 1 heterocycles. The Bertz CT molecular complexity index is 2360. The molecule has 1 aliphatic rings. The Morgan fingerprint density at radius 2 is 1.16 bits per heavy atom. The summed E-state index contributed by atoms with van der Waals surface area (Å²) in [7, 11) is 0. The smallest absolute Gasteiger partial charge is 0.109 e. The number of hydrogen-bond acceptors (Lipinski definition) is 2. The van der Waals surface area contributed by atoms with Crippen molar-refractivity contribution in [2.45, 2.75) is 96.3 Å². The van der Waals surface area contributed by atoms with Crippen molar-refractivity contribution in [3.05, 3.63) is 161 Å². The van der Waals surface area contributed by atoms with Gasteiger partial charge in [0.1, 0.15) is 5.00 Å². The van der Waals surface area contributed by atoms with Crippen LogP contribution in [0.25, 0.3) is 44.2 Å². The quantitative estimate of drug-likeness (QED) is 0.0828. The van der Waals surface area contributed by atoms with Crippen molar-refractivity contribution in [3.8, 4) is 33.4 Å². The molecule has 0 bridgehead atoms. The minimum atomic E-state index is -0.0473. The normalized spacial score (nSPS) is 12.8. The fourth-order valence-electron chi connectivity index (χ4n) is 9.44. The zero-order valence-corrected chi connectivity index (χ0v) is 35.5. The second kappa shape index (κ2) is 17.8. The van der Waals surface area contributed by atoms with Crippen LogP contribution >= 0.6 is 27.3 Å². The summed E-state index contributed by atoms with van der Waals surface area (Å²) in [5, 5.41) is 6.21. The molecular weight excluding hydrogens is 763 g/mol. The van der Waals surface area contributed by atoms with Gasteiger partial charge in [0.25, 0.3) is 0 Å². The van der Waals surface area contributed by atoms with Crippen molar-refractivity contribution < 1.29 is 0 Å². The third kappa shape index (κ3) is 7.53. The first kappa shape index (κ1) is 38.4. The lowest BCUT2D eigenvalue weighted by Gasteiger charge is -2.35. The molecule has 1 aromatic heterocycles. The molecule has 3 heteroatoms. The van der Waals surface area contributed by atoms with E-state index in [4.69, 9.17) is 0 Å². The molecule has 6 aromatic carbocycles. The molecule has 0 saturated carbocycles. The van der Waals surface area contributed by atoms with Gasteiger partial charge in [-0.15, -0.1) is 11.3 Å². The molecule has 0 N–H and O–H groups in total. The van der Waals surface area contributed by atoms with Gasteiger partial charge >= 0.3 is 0 Å². The molecule has 0 atom stereocenters. The average molecular weight is 817 g/mol. The van der Waals surface area contributed by atoms with Crippen molar-refractivity contribution in [1.82, 2.24) is 0 Å². The second-order valence-electron chi connectivity index (χ2n) is 15.7. The maximum absolute atomic E-state index is 3.95. The largest absolute Gasteiger partial charge is 0.301 e. The van der Waals surface area contributed by atoms with Crippen molar-refractivity contribution in [1.29, 1.82) is 0 Å². The highest BCUT2D eigenvalue weighted by molar-refractivity contribution is 9.10. The molecule has 0 fully saturated rings. The van der Waals surface area contributed by atoms with Gasteiger partial charge in [-0.25, -0.2) is 0 Å². The third-order valence-corrected chi connectivity index (χ3v) is 13.6. The number of benzene rings is 6. The summed E-state index contributed by atoms with van der Waals surface area (Å²) in [5.74, 6) is 0. The summed E-state index contributed by atoms with van der Waals surface area (Å²) >= 11 is 5.83.